The fraction of sp³-hybridized carbons (Fsp3) is 0.375. The molecule has 1 aromatic carbocycles. The van der Waals surface area contributed by atoms with Crippen molar-refractivity contribution in [3.8, 4) is 16.3 Å². The molecule has 2 aliphatic rings. The molecule has 2 aromatic heterocycles. The van der Waals surface area contributed by atoms with Gasteiger partial charge in [0.25, 0.3) is 5.91 Å². The van der Waals surface area contributed by atoms with Gasteiger partial charge in [-0.1, -0.05) is 52.9 Å². The van der Waals surface area contributed by atoms with Gasteiger partial charge in [-0.3, -0.25) is 4.79 Å². The number of carbonyl (C=O) groups excluding carboxylic acids is 1. The molecule has 1 aliphatic heterocycles. The van der Waals surface area contributed by atoms with Crippen molar-refractivity contribution in [2.45, 2.75) is 37.8 Å². The number of thiazole rings is 1. The Labute approximate surface area is 204 Å². The predicted octanol–water partition coefficient (Wildman–Crippen LogP) is 5.53. The average molecular weight is 563 g/mol. The summed E-state index contributed by atoms with van der Waals surface area (Å²) >= 11 is 3.94. The summed E-state index contributed by atoms with van der Waals surface area (Å²) < 4.78 is 20.2. The molecule has 8 heteroatoms. The molecule has 0 bridgehead atoms. The maximum Gasteiger partial charge on any atom is 0.274 e. The predicted molar refractivity (Wildman–Crippen MR) is 131 cm³/mol. The first kappa shape index (κ1) is 21.8. The van der Waals surface area contributed by atoms with Gasteiger partial charge in [0.05, 0.1) is 21.6 Å². The molecule has 3 aromatic rings. The highest BCUT2D eigenvalue weighted by atomic mass is 127. The van der Waals surface area contributed by atoms with E-state index >= 15 is 0 Å². The third-order valence-corrected chi connectivity index (χ3v) is 8.26. The number of pyridine rings is 1. The maximum atomic E-state index is 13.9. The van der Waals surface area contributed by atoms with Gasteiger partial charge in [-0.25, -0.2) is 14.4 Å². The smallest absolute Gasteiger partial charge is 0.274 e. The summed E-state index contributed by atoms with van der Waals surface area (Å²) in [6.45, 7) is 2.31. The van der Waals surface area contributed by atoms with Crippen LogP contribution in [0.5, 0.6) is 5.88 Å². The molecule has 3 heterocycles. The molecule has 32 heavy (non-hydrogen) atoms. The number of alkyl halides is 1. The molecule has 0 spiro atoms. The third-order valence-electron chi connectivity index (χ3n) is 6.62. The quantitative estimate of drug-likeness (QED) is 0.280. The van der Waals surface area contributed by atoms with Crippen molar-refractivity contribution in [3.05, 3.63) is 65.2 Å². The zero-order valence-electron chi connectivity index (χ0n) is 17.6. The number of benzene rings is 1. The molecule has 2 fully saturated rings. The van der Waals surface area contributed by atoms with Gasteiger partial charge < -0.3 is 9.64 Å². The molecule has 1 saturated carbocycles. The normalized spacial score (nSPS) is 23.8. The number of likely N-dealkylation sites (tertiary alicyclic amines) is 1. The van der Waals surface area contributed by atoms with Gasteiger partial charge in [0, 0.05) is 22.5 Å². The van der Waals surface area contributed by atoms with Crippen LogP contribution in [0.25, 0.3) is 10.4 Å². The summed E-state index contributed by atoms with van der Waals surface area (Å²) in [6, 6.07) is 13.0. The number of aromatic nitrogens is 2. The van der Waals surface area contributed by atoms with Crippen molar-refractivity contribution >= 4 is 39.8 Å². The van der Waals surface area contributed by atoms with Gasteiger partial charge in [0.1, 0.15) is 18.1 Å². The fourth-order valence-corrected chi connectivity index (χ4v) is 6.64. The van der Waals surface area contributed by atoms with Crippen LogP contribution < -0.4 is 4.74 Å². The summed E-state index contributed by atoms with van der Waals surface area (Å²) in [4.78, 5) is 25.5. The van der Waals surface area contributed by atoms with Crippen LogP contribution in [0.2, 0.25) is 0 Å². The van der Waals surface area contributed by atoms with Crippen LogP contribution >= 0.6 is 33.9 Å². The minimum Gasteiger partial charge on any atom is -0.475 e. The van der Waals surface area contributed by atoms with Crippen LogP contribution in [0.3, 0.4) is 0 Å². The largest absolute Gasteiger partial charge is 0.475 e. The van der Waals surface area contributed by atoms with Gasteiger partial charge in [-0.05, 0) is 37.8 Å². The number of hydrogen-bond acceptors (Lipinski definition) is 5. The minimum absolute atomic E-state index is 0.0188. The lowest BCUT2D eigenvalue weighted by Crippen LogP contribution is -2.81. The Morgan fingerprint density at radius 2 is 2.12 bits per heavy atom. The number of hydrogen-bond donors (Lipinski definition) is 0. The first-order valence-electron chi connectivity index (χ1n) is 10.7. The Morgan fingerprint density at radius 1 is 1.31 bits per heavy atom. The van der Waals surface area contributed by atoms with E-state index in [4.69, 9.17) is 4.74 Å². The van der Waals surface area contributed by atoms with E-state index in [2.05, 4.69) is 32.6 Å². The van der Waals surface area contributed by atoms with Gasteiger partial charge in [0.2, 0.25) is 5.88 Å². The number of ether oxygens (including phenoxy) is 1. The van der Waals surface area contributed by atoms with Gasteiger partial charge in [0.15, 0.2) is 0 Å². The molecule has 5 rings (SSSR count). The van der Waals surface area contributed by atoms with Crippen molar-refractivity contribution in [3.63, 3.8) is 0 Å². The molecule has 1 saturated heterocycles. The zero-order valence-corrected chi connectivity index (χ0v) is 20.6. The standard InChI is InChI=1S/C24H23FIN3O2S/c1-15-28-21(22(32-15)16-5-3-2-4-6-16)23(30)29-19(10-12-26)18-9-11-24(18,29)14-31-20-8-7-17(25)13-27-20/h2-8,13,18-19H,9-12,14H2,1H3/t18-,19?,24?/m0/s1. The molecule has 3 atom stereocenters. The fourth-order valence-electron chi connectivity index (χ4n) is 5.08. The first-order chi connectivity index (χ1) is 15.5. The SMILES string of the molecule is Cc1nc(C(=O)N2C(CCI)[C@@H]3CCC32COc2ccc(F)cn2)c(-c2ccccc2)s1. The van der Waals surface area contributed by atoms with Crippen LogP contribution in [0.15, 0.2) is 48.7 Å². The van der Waals surface area contributed by atoms with Crippen molar-refractivity contribution < 1.29 is 13.9 Å². The Morgan fingerprint density at radius 3 is 2.78 bits per heavy atom. The molecule has 0 radical (unpaired) electrons. The van der Waals surface area contributed by atoms with E-state index in [0.29, 0.717) is 24.1 Å². The third kappa shape index (κ3) is 3.61. The topological polar surface area (TPSA) is 55.3 Å². The lowest BCUT2D eigenvalue weighted by atomic mass is 9.54. The average Bonchev–Trinajstić information content (AvgIpc) is 3.19. The van der Waals surface area contributed by atoms with Gasteiger partial charge >= 0.3 is 0 Å². The lowest BCUT2D eigenvalue weighted by molar-refractivity contribution is -0.190. The molecular formula is C24H23FIN3O2S. The number of amides is 1. The van der Waals surface area contributed by atoms with E-state index in [0.717, 1.165) is 45.3 Å². The number of halogens is 2. The number of fused-ring (bicyclic) bond motifs is 1. The van der Waals surface area contributed by atoms with Crippen molar-refractivity contribution in [1.82, 2.24) is 14.9 Å². The molecule has 0 N–H and O–H groups in total. The summed E-state index contributed by atoms with van der Waals surface area (Å²) in [5.41, 5.74) is 1.20. The van der Waals surface area contributed by atoms with E-state index in [1.54, 1.807) is 11.3 Å². The van der Waals surface area contributed by atoms with Crippen molar-refractivity contribution in [2.75, 3.05) is 11.0 Å². The van der Waals surface area contributed by atoms with Crippen LogP contribution in [-0.4, -0.2) is 43.4 Å². The van der Waals surface area contributed by atoms with Gasteiger partial charge in [-0.2, -0.15) is 0 Å². The molecular weight excluding hydrogens is 540 g/mol. The molecule has 1 amide bonds. The van der Waals surface area contributed by atoms with E-state index in [1.807, 2.05) is 42.2 Å². The van der Waals surface area contributed by atoms with Crippen LogP contribution in [0.1, 0.15) is 34.8 Å². The highest BCUT2D eigenvalue weighted by Gasteiger charge is 2.67. The number of aryl methyl sites for hydroxylation is 1. The maximum absolute atomic E-state index is 13.9. The lowest BCUT2D eigenvalue weighted by Gasteiger charge is -2.70. The highest BCUT2D eigenvalue weighted by Crippen LogP contribution is 2.58. The molecule has 5 nitrogen and oxygen atoms in total. The van der Waals surface area contributed by atoms with Crippen LogP contribution in [-0.2, 0) is 0 Å². The van der Waals surface area contributed by atoms with E-state index in [9.17, 15) is 9.18 Å². The van der Waals surface area contributed by atoms with E-state index in [1.165, 1.54) is 12.1 Å². The highest BCUT2D eigenvalue weighted by molar-refractivity contribution is 14.1. The van der Waals surface area contributed by atoms with Crippen molar-refractivity contribution in [2.24, 2.45) is 5.92 Å². The Kier molecular flexibility index (Phi) is 5.92. The summed E-state index contributed by atoms with van der Waals surface area (Å²) in [5.74, 6) is 0.383. The van der Waals surface area contributed by atoms with Crippen LogP contribution in [0, 0.1) is 18.7 Å². The van der Waals surface area contributed by atoms with E-state index in [-0.39, 0.29) is 17.5 Å². The number of carbonyl (C=O) groups is 1. The summed E-state index contributed by atoms with van der Waals surface area (Å²) in [5, 5.41) is 0.879. The number of nitrogens with zero attached hydrogens (tertiary/aromatic N) is 3. The Hall–Kier alpha value is -2.07. The minimum atomic E-state index is -0.396. The Bertz CT molecular complexity index is 1120. The molecule has 166 valence electrons. The number of piperidine rings is 1. The van der Waals surface area contributed by atoms with Crippen molar-refractivity contribution in [1.29, 1.82) is 0 Å². The molecule has 1 aliphatic carbocycles. The summed E-state index contributed by atoms with van der Waals surface area (Å²) in [7, 11) is 0. The molecule has 2 unspecified atom stereocenters. The zero-order chi connectivity index (χ0) is 22.3. The van der Waals surface area contributed by atoms with Gasteiger partial charge in [-0.15, -0.1) is 11.3 Å². The Balaban J connectivity index is 1.45. The monoisotopic (exact) mass is 563 g/mol. The number of rotatable bonds is 7. The summed E-state index contributed by atoms with van der Waals surface area (Å²) in [6.07, 6.45) is 4.09. The second-order valence-corrected chi connectivity index (χ2v) is 10.6. The second kappa shape index (κ2) is 8.70. The first-order valence-corrected chi connectivity index (χ1v) is 13.0. The second-order valence-electron chi connectivity index (χ2n) is 8.35. The van der Waals surface area contributed by atoms with E-state index < -0.39 is 5.82 Å². The van der Waals surface area contributed by atoms with Crippen LogP contribution in [0.4, 0.5) is 4.39 Å².